The number of nitrogens with zero attached hydrogens (tertiary/aromatic N) is 2. The molecule has 0 aliphatic carbocycles. The van der Waals surface area contributed by atoms with Crippen molar-refractivity contribution in [3.63, 3.8) is 0 Å². The van der Waals surface area contributed by atoms with Crippen LogP contribution in [-0.4, -0.2) is 15.0 Å². The number of fused-ring (bicyclic) bond motifs is 1. The SMILES string of the molecule is Cc1ccc(NC(=O)c2cc3c(=O)n(CC(C)C)ccc3n2C)c(C)c1. The third kappa shape index (κ3) is 3.29. The molecule has 0 bridgehead atoms. The first-order chi connectivity index (χ1) is 12.3. The molecular weight excluding hydrogens is 326 g/mol. The number of benzene rings is 1. The van der Waals surface area contributed by atoms with Crippen molar-refractivity contribution >= 4 is 22.5 Å². The summed E-state index contributed by atoms with van der Waals surface area (Å²) in [5.41, 5.74) is 4.12. The topological polar surface area (TPSA) is 56.0 Å². The fourth-order valence-corrected chi connectivity index (χ4v) is 3.27. The lowest BCUT2D eigenvalue weighted by atomic mass is 10.1. The first-order valence-corrected chi connectivity index (χ1v) is 8.85. The van der Waals surface area contributed by atoms with Crippen molar-refractivity contribution in [1.29, 1.82) is 0 Å². The van der Waals surface area contributed by atoms with Crippen molar-refractivity contribution in [2.45, 2.75) is 34.2 Å². The van der Waals surface area contributed by atoms with Crippen LogP contribution in [0.1, 0.15) is 35.5 Å². The summed E-state index contributed by atoms with van der Waals surface area (Å²) in [6.45, 7) is 8.79. The molecule has 1 N–H and O–H groups in total. The van der Waals surface area contributed by atoms with Crippen molar-refractivity contribution in [2.24, 2.45) is 13.0 Å². The number of rotatable bonds is 4. The van der Waals surface area contributed by atoms with Crippen LogP contribution in [0.25, 0.3) is 10.9 Å². The molecule has 0 aliphatic heterocycles. The molecule has 136 valence electrons. The lowest BCUT2D eigenvalue weighted by Crippen LogP contribution is -2.21. The number of pyridine rings is 1. The van der Waals surface area contributed by atoms with Gasteiger partial charge in [-0.15, -0.1) is 0 Å². The van der Waals surface area contributed by atoms with Crippen molar-refractivity contribution in [2.75, 3.05) is 5.32 Å². The van der Waals surface area contributed by atoms with Crippen molar-refractivity contribution < 1.29 is 4.79 Å². The molecule has 2 aromatic heterocycles. The van der Waals surface area contributed by atoms with Crippen LogP contribution < -0.4 is 10.9 Å². The smallest absolute Gasteiger partial charge is 0.272 e. The van der Waals surface area contributed by atoms with Gasteiger partial charge in [0, 0.05) is 25.5 Å². The van der Waals surface area contributed by atoms with E-state index in [0.29, 0.717) is 23.5 Å². The van der Waals surface area contributed by atoms with Crippen LogP contribution in [0.4, 0.5) is 5.69 Å². The Kier molecular flexibility index (Phi) is 4.72. The van der Waals surface area contributed by atoms with E-state index in [1.165, 1.54) is 0 Å². The second kappa shape index (κ2) is 6.83. The first kappa shape index (κ1) is 18.0. The number of aromatic nitrogens is 2. The van der Waals surface area contributed by atoms with E-state index in [9.17, 15) is 9.59 Å². The number of hydrogen-bond acceptors (Lipinski definition) is 2. The number of aryl methyl sites for hydroxylation is 3. The van der Waals surface area contributed by atoms with Crippen LogP contribution in [0, 0.1) is 19.8 Å². The van der Waals surface area contributed by atoms with Crippen LogP contribution in [0.3, 0.4) is 0 Å². The first-order valence-electron chi connectivity index (χ1n) is 8.85. The number of carbonyl (C=O) groups is 1. The highest BCUT2D eigenvalue weighted by Crippen LogP contribution is 2.20. The van der Waals surface area contributed by atoms with E-state index in [0.717, 1.165) is 22.3 Å². The number of anilines is 1. The Morgan fingerprint density at radius 1 is 1.15 bits per heavy atom. The third-order valence-corrected chi connectivity index (χ3v) is 4.61. The van der Waals surface area contributed by atoms with E-state index in [1.54, 1.807) is 21.4 Å². The number of nitrogens with one attached hydrogen (secondary N) is 1. The Bertz CT molecular complexity index is 1040. The summed E-state index contributed by atoms with van der Waals surface area (Å²) in [5, 5.41) is 3.52. The third-order valence-electron chi connectivity index (χ3n) is 4.61. The lowest BCUT2D eigenvalue weighted by molar-refractivity contribution is 0.101. The monoisotopic (exact) mass is 351 g/mol. The quantitative estimate of drug-likeness (QED) is 0.776. The van der Waals surface area contributed by atoms with Gasteiger partial charge < -0.3 is 14.5 Å². The van der Waals surface area contributed by atoms with Crippen molar-refractivity contribution in [3.05, 3.63) is 63.7 Å². The standard InChI is InChI=1S/C21H25N3O2/c1-13(2)12-24-9-8-18-16(21(24)26)11-19(23(18)5)20(25)22-17-7-6-14(3)10-15(17)4/h6-11,13H,12H2,1-5H3,(H,22,25). The number of carbonyl (C=O) groups excluding carboxylic acids is 1. The minimum absolute atomic E-state index is 0.0580. The van der Waals surface area contributed by atoms with Crippen LogP contribution >= 0.6 is 0 Å². The minimum atomic E-state index is -0.217. The molecule has 0 fully saturated rings. The van der Waals surface area contributed by atoms with Gasteiger partial charge in [-0.25, -0.2) is 0 Å². The van der Waals surface area contributed by atoms with Gasteiger partial charge in [-0.1, -0.05) is 31.5 Å². The Morgan fingerprint density at radius 3 is 2.54 bits per heavy atom. The summed E-state index contributed by atoms with van der Waals surface area (Å²) in [6.07, 6.45) is 1.80. The van der Waals surface area contributed by atoms with E-state index >= 15 is 0 Å². The molecule has 3 rings (SSSR count). The molecule has 5 heteroatoms. The summed E-state index contributed by atoms with van der Waals surface area (Å²) < 4.78 is 3.48. The van der Waals surface area contributed by atoms with E-state index in [4.69, 9.17) is 0 Å². The van der Waals surface area contributed by atoms with Crippen LogP contribution in [0.2, 0.25) is 0 Å². The second-order valence-corrected chi connectivity index (χ2v) is 7.33. The van der Waals surface area contributed by atoms with Gasteiger partial charge in [-0.2, -0.15) is 0 Å². The molecule has 0 atom stereocenters. The Labute approximate surface area is 153 Å². The van der Waals surface area contributed by atoms with E-state index in [-0.39, 0.29) is 11.5 Å². The summed E-state index contributed by atoms with van der Waals surface area (Å²) in [4.78, 5) is 25.5. The van der Waals surface area contributed by atoms with Gasteiger partial charge in [0.15, 0.2) is 0 Å². The molecule has 0 saturated carbocycles. The van der Waals surface area contributed by atoms with Gasteiger partial charge in [-0.3, -0.25) is 9.59 Å². The number of amides is 1. The largest absolute Gasteiger partial charge is 0.339 e. The maximum absolute atomic E-state index is 12.8. The van der Waals surface area contributed by atoms with Gasteiger partial charge >= 0.3 is 0 Å². The molecule has 2 heterocycles. The minimum Gasteiger partial charge on any atom is -0.339 e. The number of hydrogen-bond donors (Lipinski definition) is 1. The fraction of sp³-hybridized carbons (Fsp3) is 0.333. The molecule has 0 aliphatic rings. The molecule has 0 saturated heterocycles. The average molecular weight is 351 g/mol. The molecule has 3 aromatic rings. The Hall–Kier alpha value is -2.82. The normalized spacial score (nSPS) is 11.3. The maximum atomic E-state index is 12.8. The summed E-state index contributed by atoms with van der Waals surface area (Å²) in [5.74, 6) is 0.159. The van der Waals surface area contributed by atoms with E-state index in [2.05, 4.69) is 19.2 Å². The highest BCUT2D eigenvalue weighted by Gasteiger charge is 2.17. The van der Waals surface area contributed by atoms with Gasteiger partial charge in [-0.05, 0) is 43.5 Å². The maximum Gasteiger partial charge on any atom is 0.272 e. The second-order valence-electron chi connectivity index (χ2n) is 7.33. The van der Waals surface area contributed by atoms with Crippen LogP contribution in [-0.2, 0) is 13.6 Å². The Morgan fingerprint density at radius 2 is 1.88 bits per heavy atom. The van der Waals surface area contributed by atoms with Gasteiger partial charge in [0.2, 0.25) is 0 Å². The summed E-state index contributed by atoms with van der Waals surface area (Å²) in [7, 11) is 1.81. The van der Waals surface area contributed by atoms with E-state index < -0.39 is 0 Å². The molecule has 1 aromatic carbocycles. The lowest BCUT2D eigenvalue weighted by Gasteiger charge is -2.10. The van der Waals surface area contributed by atoms with Crippen molar-refractivity contribution in [1.82, 2.24) is 9.13 Å². The predicted octanol–water partition coefficient (Wildman–Crippen LogP) is 3.87. The molecule has 1 amide bonds. The van der Waals surface area contributed by atoms with Gasteiger partial charge in [0.25, 0.3) is 11.5 Å². The highest BCUT2D eigenvalue weighted by atomic mass is 16.2. The molecule has 26 heavy (non-hydrogen) atoms. The molecule has 0 unspecified atom stereocenters. The Balaban J connectivity index is 1.99. The highest BCUT2D eigenvalue weighted by molar-refractivity contribution is 6.06. The molecular formula is C21H25N3O2. The summed E-state index contributed by atoms with van der Waals surface area (Å²) in [6, 6.07) is 9.48. The molecule has 0 spiro atoms. The van der Waals surface area contributed by atoms with E-state index in [1.807, 2.05) is 45.2 Å². The predicted molar refractivity (Wildman–Crippen MR) is 106 cm³/mol. The molecule has 0 radical (unpaired) electrons. The van der Waals surface area contributed by atoms with Crippen LogP contribution in [0.15, 0.2) is 41.3 Å². The van der Waals surface area contributed by atoms with Crippen molar-refractivity contribution in [3.8, 4) is 0 Å². The zero-order valence-corrected chi connectivity index (χ0v) is 16.0. The zero-order chi connectivity index (χ0) is 19.0. The average Bonchev–Trinajstić information content (AvgIpc) is 2.90. The van der Waals surface area contributed by atoms with Crippen LogP contribution in [0.5, 0.6) is 0 Å². The fourth-order valence-electron chi connectivity index (χ4n) is 3.27. The van der Waals surface area contributed by atoms with Gasteiger partial charge in [0.1, 0.15) is 5.69 Å². The summed E-state index contributed by atoms with van der Waals surface area (Å²) >= 11 is 0. The molecule has 5 nitrogen and oxygen atoms in total. The van der Waals surface area contributed by atoms with Gasteiger partial charge in [0.05, 0.1) is 10.9 Å². The zero-order valence-electron chi connectivity index (χ0n) is 16.0.